The summed E-state index contributed by atoms with van der Waals surface area (Å²) in [5, 5.41) is 22.8. The number of aromatic nitrogens is 3. The van der Waals surface area contributed by atoms with Crippen LogP contribution in [0.2, 0.25) is 10.0 Å². The fourth-order valence-corrected chi connectivity index (χ4v) is 2.68. The van der Waals surface area contributed by atoms with E-state index in [4.69, 9.17) is 28.3 Å². The molecule has 0 bridgehead atoms. The minimum Gasteiger partial charge on any atom is -0.478 e. The molecule has 128 valence electrons. The van der Waals surface area contributed by atoms with Crippen LogP contribution in [0.25, 0.3) is 0 Å². The van der Waals surface area contributed by atoms with Gasteiger partial charge in [0.1, 0.15) is 0 Å². The molecular formula is C16H13Cl2N5O2. The minimum atomic E-state index is -0.966. The van der Waals surface area contributed by atoms with E-state index in [1.807, 2.05) is 6.07 Å². The maximum absolute atomic E-state index is 11.0. The van der Waals surface area contributed by atoms with Crippen LogP contribution in [0.1, 0.15) is 15.9 Å². The third-order valence-electron chi connectivity index (χ3n) is 3.24. The Morgan fingerprint density at radius 1 is 1.16 bits per heavy atom. The molecule has 0 aliphatic heterocycles. The van der Waals surface area contributed by atoms with Crippen molar-refractivity contribution < 1.29 is 9.90 Å². The fourth-order valence-electron chi connectivity index (χ4n) is 2.15. The summed E-state index contributed by atoms with van der Waals surface area (Å²) in [5.74, 6) is -0.178. The number of rotatable bonds is 6. The van der Waals surface area contributed by atoms with Crippen LogP contribution in [0.15, 0.2) is 42.5 Å². The average molecular weight is 378 g/mol. The van der Waals surface area contributed by atoms with E-state index in [2.05, 4.69) is 25.8 Å². The van der Waals surface area contributed by atoms with E-state index in [1.54, 1.807) is 30.3 Å². The summed E-state index contributed by atoms with van der Waals surface area (Å²) in [6, 6.07) is 11.7. The summed E-state index contributed by atoms with van der Waals surface area (Å²) < 4.78 is 0. The van der Waals surface area contributed by atoms with Crippen LogP contribution in [-0.2, 0) is 6.54 Å². The molecule has 7 nitrogen and oxygen atoms in total. The lowest BCUT2D eigenvalue weighted by atomic mass is 10.1. The Morgan fingerprint density at radius 3 is 2.64 bits per heavy atom. The van der Waals surface area contributed by atoms with E-state index in [1.165, 1.54) is 6.07 Å². The number of aromatic carboxylic acids is 1. The van der Waals surface area contributed by atoms with Crippen molar-refractivity contribution >= 4 is 46.8 Å². The second-order valence-electron chi connectivity index (χ2n) is 5.15. The van der Waals surface area contributed by atoms with Gasteiger partial charge in [-0.2, -0.15) is 4.98 Å². The van der Waals surface area contributed by atoms with E-state index < -0.39 is 5.97 Å². The molecule has 0 radical (unpaired) electrons. The average Bonchev–Trinajstić information content (AvgIpc) is 2.99. The van der Waals surface area contributed by atoms with Gasteiger partial charge in [-0.1, -0.05) is 35.3 Å². The van der Waals surface area contributed by atoms with Crippen molar-refractivity contribution in [2.45, 2.75) is 6.54 Å². The van der Waals surface area contributed by atoms with Crippen LogP contribution in [0, 0.1) is 0 Å². The molecular weight excluding hydrogens is 365 g/mol. The van der Waals surface area contributed by atoms with Gasteiger partial charge in [0.2, 0.25) is 11.9 Å². The van der Waals surface area contributed by atoms with Crippen molar-refractivity contribution in [3.05, 3.63) is 63.6 Å². The first kappa shape index (κ1) is 17.1. The van der Waals surface area contributed by atoms with Gasteiger partial charge in [-0.25, -0.2) is 9.89 Å². The Labute approximate surface area is 153 Å². The van der Waals surface area contributed by atoms with Crippen LogP contribution in [-0.4, -0.2) is 26.3 Å². The molecule has 0 unspecified atom stereocenters. The summed E-state index contributed by atoms with van der Waals surface area (Å²) in [6.07, 6.45) is 0. The molecule has 1 heterocycles. The highest BCUT2D eigenvalue weighted by Gasteiger charge is 2.06. The number of hydrogen-bond donors (Lipinski definition) is 4. The van der Waals surface area contributed by atoms with Crippen molar-refractivity contribution in [2.24, 2.45) is 0 Å². The molecule has 0 saturated carbocycles. The molecule has 0 aliphatic carbocycles. The van der Waals surface area contributed by atoms with Gasteiger partial charge < -0.3 is 15.7 Å². The molecule has 0 amide bonds. The lowest BCUT2D eigenvalue weighted by Gasteiger charge is -2.04. The molecule has 2 aromatic carbocycles. The lowest BCUT2D eigenvalue weighted by Crippen LogP contribution is -2.03. The Bertz CT molecular complexity index is 893. The first-order valence-electron chi connectivity index (χ1n) is 7.21. The van der Waals surface area contributed by atoms with E-state index >= 15 is 0 Å². The number of benzene rings is 2. The van der Waals surface area contributed by atoms with Crippen molar-refractivity contribution in [1.82, 2.24) is 15.2 Å². The molecule has 1 aromatic heterocycles. The molecule has 3 rings (SSSR count). The van der Waals surface area contributed by atoms with Crippen LogP contribution in [0.5, 0.6) is 0 Å². The first-order chi connectivity index (χ1) is 12.0. The maximum atomic E-state index is 11.0. The Hall–Kier alpha value is -2.77. The third kappa shape index (κ3) is 4.62. The van der Waals surface area contributed by atoms with E-state index in [0.717, 1.165) is 5.56 Å². The Morgan fingerprint density at radius 2 is 1.92 bits per heavy atom. The number of halogens is 2. The molecule has 0 aliphatic rings. The van der Waals surface area contributed by atoms with Crippen molar-refractivity contribution in [3.8, 4) is 0 Å². The molecule has 0 spiro atoms. The van der Waals surface area contributed by atoms with Gasteiger partial charge >= 0.3 is 5.97 Å². The maximum Gasteiger partial charge on any atom is 0.335 e. The van der Waals surface area contributed by atoms with Crippen LogP contribution in [0.3, 0.4) is 0 Å². The highest BCUT2D eigenvalue weighted by atomic mass is 35.5. The van der Waals surface area contributed by atoms with Gasteiger partial charge in [-0.3, -0.25) is 0 Å². The number of hydrogen-bond acceptors (Lipinski definition) is 5. The third-order valence-corrected chi connectivity index (χ3v) is 3.67. The van der Waals surface area contributed by atoms with Gasteiger partial charge in [-0.05, 0) is 35.9 Å². The Kier molecular flexibility index (Phi) is 5.06. The standard InChI is InChI=1S/C16H13Cl2N5O2/c17-11-5-12(18)7-13(6-11)20-16-21-15(22-23-16)19-8-9-2-1-3-10(4-9)14(24)25/h1-7H,8H2,(H,24,25)(H3,19,20,21,22,23). The van der Waals surface area contributed by atoms with Crippen LogP contribution in [0.4, 0.5) is 17.6 Å². The minimum absolute atomic E-state index is 0.231. The summed E-state index contributed by atoms with van der Waals surface area (Å²) in [6.45, 7) is 0.390. The van der Waals surface area contributed by atoms with E-state index in [9.17, 15) is 4.79 Å². The van der Waals surface area contributed by atoms with Crippen molar-refractivity contribution in [2.75, 3.05) is 10.6 Å². The summed E-state index contributed by atoms with van der Waals surface area (Å²) in [7, 11) is 0. The fraction of sp³-hybridized carbons (Fsp3) is 0.0625. The number of anilines is 3. The molecule has 3 aromatic rings. The summed E-state index contributed by atoms with van der Waals surface area (Å²) in [4.78, 5) is 15.2. The monoisotopic (exact) mass is 377 g/mol. The Balaban J connectivity index is 1.64. The quantitative estimate of drug-likeness (QED) is 0.514. The zero-order chi connectivity index (χ0) is 17.8. The number of carboxylic acids is 1. The molecule has 4 N–H and O–H groups in total. The number of aromatic amines is 1. The van der Waals surface area contributed by atoms with Crippen LogP contribution >= 0.6 is 23.2 Å². The smallest absolute Gasteiger partial charge is 0.335 e. The molecule has 0 fully saturated rings. The van der Waals surface area contributed by atoms with E-state index in [-0.39, 0.29) is 5.56 Å². The predicted octanol–water partition coefficient (Wildman–Crippen LogP) is 4.17. The summed E-state index contributed by atoms with van der Waals surface area (Å²) in [5.41, 5.74) is 1.71. The van der Waals surface area contributed by atoms with Crippen molar-refractivity contribution in [1.29, 1.82) is 0 Å². The first-order valence-corrected chi connectivity index (χ1v) is 7.97. The number of carboxylic acid groups (broad SMARTS) is 1. The number of H-pyrrole nitrogens is 1. The van der Waals surface area contributed by atoms with Gasteiger partial charge in [0.15, 0.2) is 0 Å². The summed E-state index contributed by atoms with van der Waals surface area (Å²) >= 11 is 11.9. The van der Waals surface area contributed by atoms with Gasteiger partial charge in [0.05, 0.1) is 5.56 Å². The van der Waals surface area contributed by atoms with E-state index in [0.29, 0.717) is 34.2 Å². The second-order valence-corrected chi connectivity index (χ2v) is 6.02. The lowest BCUT2D eigenvalue weighted by molar-refractivity contribution is 0.0697. The topological polar surface area (TPSA) is 103 Å². The van der Waals surface area contributed by atoms with Crippen LogP contribution < -0.4 is 10.6 Å². The molecule has 25 heavy (non-hydrogen) atoms. The SMILES string of the molecule is O=C(O)c1cccc(CNc2n[nH]c(Nc3cc(Cl)cc(Cl)c3)n2)c1. The van der Waals surface area contributed by atoms with Gasteiger partial charge in [-0.15, -0.1) is 5.10 Å². The second kappa shape index (κ2) is 7.42. The zero-order valence-corrected chi connectivity index (χ0v) is 14.3. The van der Waals surface area contributed by atoms with Gasteiger partial charge in [0, 0.05) is 22.3 Å². The molecule has 0 atom stereocenters. The number of nitrogens with one attached hydrogen (secondary N) is 3. The normalized spacial score (nSPS) is 10.5. The van der Waals surface area contributed by atoms with Crippen molar-refractivity contribution in [3.63, 3.8) is 0 Å². The molecule has 9 heteroatoms. The highest BCUT2D eigenvalue weighted by Crippen LogP contribution is 2.24. The highest BCUT2D eigenvalue weighted by molar-refractivity contribution is 6.35. The van der Waals surface area contributed by atoms with Gasteiger partial charge in [0.25, 0.3) is 0 Å². The zero-order valence-electron chi connectivity index (χ0n) is 12.8. The number of carbonyl (C=O) groups is 1. The number of nitrogens with zero attached hydrogens (tertiary/aromatic N) is 2. The predicted molar refractivity (Wildman–Crippen MR) is 96.9 cm³/mol. The largest absolute Gasteiger partial charge is 0.478 e. The molecule has 0 saturated heterocycles.